The molecule has 0 aromatic rings. The largest absolute Gasteiger partial charge is 0.293 e. The van der Waals surface area contributed by atoms with Gasteiger partial charge >= 0.3 is 0 Å². The molecule has 1 nitrogen and oxygen atoms in total. The Balaban J connectivity index is 0.00000289. The summed E-state index contributed by atoms with van der Waals surface area (Å²) >= 11 is 4.25. The molecule has 110 valence electrons. The van der Waals surface area contributed by atoms with Crippen molar-refractivity contribution in [2.24, 2.45) is 0 Å². The van der Waals surface area contributed by atoms with E-state index in [1.807, 2.05) is 0 Å². The van der Waals surface area contributed by atoms with E-state index < -0.39 is 0 Å². The SMILES string of the molecule is CCCCCSCCCCCCN1CCSC1.Cl. The molecule has 1 saturated heterocycles. The Morgan fingerprint density at radius 1 is 1.00 bits per heavy atom. The van der Waals surface area contributed by atoms with E-state index in [1.54, 1.807) is 0 Å². The normalized spacial score (nSPS) is 15.8. The lowest BCUT2D eigenvalue weighted by Crippen LogP contribution is -2.20. The summed E-state index contributed by atoms with van der Waals surface area (Å²) in [4.78, 5) is 2.60. The first-order valence-electron chi connectivity index (χ1n) is 7.31. The molecule has 18 heavy (non-hydrogen) atoms. The van der Waals surface area contributed by atoms with E-state index in [-0.39, 0.29) is 12.4 Å². The molecule has 1 aliphatic heterocycles. The van der Waals surface area contributed by atoms with Crippen LogP contribution in [0.4, 0.5) is 0 Å². The summed E-state index contributed by atoms with van der Waals surface area (Å²) in [6, 6.07) is 0. The van der Waals surface area contributed by atoms with Crippen LogP contribution in [0.25, 0.3) is 0 Å². The maximum absolute atomic E-state index is 2.60. The van der Waals surface area contributed by atoms with Crippen LogP contribution in [0, 0.1) is 0 Å². The van der Waals surface area contributed by atoms with E-state index in [1.165, 1.54) is 81.2 Å². The first-order chi connectivity index (χ1) is 8.43. The Morgan fingerprint density at radius 3 is 2.39 bits per heavy atom. The zero-order chi connectivity index (χ0) is 12.2. The van der Waals surface area contributed by atoms with Crippen LogP contribution in [0.3, 0.4) is 0 Å². The fourth-order valence-electron chi connectivity index (χ4n) is 2.08. The van der Waals surface area contributed by atoms with Gasteiger partial charge in [-0.15, -0.1) is 24.2 Å². The fraction of sp³-hybridized carbons (Fsp3) is 1.00. The van der Waals surface area contributed by atoms with Crippen LogP contribution in [0.2, 0.25) is 0 Å². The number of hydrogen-bond acceptors (Lipinski definition) is 3. The van der Waals surface area contributed by atoms with Crippen LogP contribution < -0.4 is 0 Å². The van der Waals surface area contributed by atoms with Crippen LogP contribution in [0.5, 0.6) is 0 Å². The van der Waals surface area contributed by atoms with Gasteiger partial charge in [0.15, 0.2) is 0 Å². The van der Waals surface area contributed by atoms with Gasteiger partial charge in [0, 0.05) is 18.2 Å². The molecule has 1 heterocycles. The van der Waals surface area contributed by atoms with E-state index in [0.717, 1.165) is 0 Å². The molecule has 0 unspecified atom stereocenters. The van der Waals surface area contributed by atoms with E-state index >= 15 is 0 Å². The molecular formula is C14H30ClNS2. The summed E-state index contributed by atoms with van der Waals surface area (Å²) in [6.45, 7) is 4.96. The van der Waals surface area contributed by atoms with Gasteiger partial charge in [-0.1, -0.05) is 32.6 Å². The van der Waals surface area contributed by atoms with Gasteiger partial charge in [0.1, 0.15) is 0 Å². The van der Waals surface area contributed by atoms with Gasteiger partial charge in [0.2, 0.25) is 0 Å². The maximum atomic E-state index is 2.60. The summed E-state index contributed by atoms with van der Waals surface area (Å²) < 4.78 is 0. The van der Waals surface area contributed by atoms with Gasteiger partial charge in [-0.05, 0) is 37.3 Å². The highest BCUT2D eigenvalue weighted by atomic mass is 35.5. The maximum Gasteiger partial charge on any atom is 0.0445 e. The van der Waals surface area contributed by atoms with Gasteiger partial charge in [0.05, 0.1) is 0 Å². The highest BCUT2D eigenvalue weighted by Crippen LogP contribution is 2.15. The second kappa shape index (κ2) is 14.4. The molecule has 4 heteroatoms. The lowest BCUT2D eigenvalue weighted by molar-refractivity contribution is 0.344. The highest BCUT2D eigenvalue weighted by molar-refractivity contribution is 7.99. The van der Waals surface area contributed by atoms with Crippen LogP contribution >= 0.6 is 35.9 Å². The standard InChI is InChI=1S/C14H29NS2.ClH/c1-2-3-7-11-16-12-8-5-4-6-9-15-10-13-17-14-15;/h2-14H2,1H3;1H. The Kier molecular flexibility index (Phi) is 15.1. The predicted octanol–water partition coefficient (Wildman–Crippen LogP) is 4.90. The summed E-state index contributed by atoms with van der Waals surface area (Å²) in [5, 5.41) is 0. The van der Waals surface area contributed by atoms with E-state index in [4.69, 9.17) is 0 Å². The topological polar surface area (TPSA) is 3.24 Å². The molecule has 0 spiro atoms. The van der Waals surface area contributed by atoms with Gasteiger partial charge in [-0.25, -0.2) is 0 Å². The molecule has 0 aromatic heterocycles. The van der Waals surface area contributed by atoms with Crippen LogP contribution in [-0.2, 0) is 0 Å². The van der Waals surface area contributed by atoms with E-state index in [2.05, 4.69) is 35.3 Å². The van der Waals surface area contributed by atoms with Crippen molar-refractivity contribution in [1.29, 1.82) is 0 Å². The third kappa shape index (κ3) is 10.8. The zero-order valence-corrected chi connectivity index (χ0v) is 14.3. The molecule has 0 radical (unpaired) electrons. The van der Waals surface area contributed by atoms with Crippen molar-refractivity contribution >= 4 is 35.9 Å². The van der Waals surface area contributed by atoms with Gasteiger partial charge < -0.3 is 0 Å². The van der Waals surface area contributed by atoms with E-state index in [9.17, 15) is 0 Å². The minimum Gasteiger partial charge on any atom is -0.293 e. The first-order valence-corrected chi connectivity index (χ1v) is 9.62. The lowest BCUT2D eigenvalue weighted by atomic mass is 10.2. The Hall–Kier alpha value is 0.950. The average Bonchev–Trinajstić information content (AvgIpc) is 2.85. The van der Waals surface area contributed by atoms with Crippen molar-refractivity contribution in [1.82, 2.24) is 4.90 Å². The molecular weight excluding hydrogens is 282 g/mol. The molecule has 0 bridgehead atoms. The van der Waals surface area contributed by atoms with Gasteiger partial charge in [-0.2, -0.15) is 11.8 Å². The summed E-state index contributed by atoms with van der Waals surface area (Å²) in [7, 11) is 0. The average molecular weight is 312 g/mol. The third-order valence-corrected chi connectivity index (χ3v) is 5.40. The Bertz CT molecular complexity index is 164. The van der Waals surface area contributed by atoms with Crippen LogP contribution in [-0.4, -0.2) is 41.1 Å². The minimum atomic E-state index is 0. The predicted molar refractivity (Wildman–Crippen MR) is 91.5 cm³/mol. The monoisotopic (exact) mass is 311 g/mol. The summed E-state index contributed by atoms with van der Waals surface area (Å²) in [6.07, 6.45) is 9.94. The Morgan fingerprint density at radius 2 is 1.72 bits per heavy atom. The molecule has 0 aromatic carbocycles. The number of thioether (sulfide) groups is 2. The van der Waals surface area contributed by atoms with Crippen molar-refractivity contribution in [3.05, 3.63) is 0 Å². The Labute approximate surface area is 129 Å². The highest BCUT2D eigenvalue weighted by Gasteiger charge is 2.10. The molecule has 0 saturated carbocycles. The molecule has 0 atom stereocenters. The summed E-state index contributed by atoms with van der Waals surface area (Å²) in [5.74, 6) is 5.42. The second-order valence-corrected chi connectivity index (χ2v) is 7.19. The zero-order valence-electron chi connectivity index (χ0n) is 11.9. The smallest absolute Gasteiger partial charge is 0.0445 e. The van der Waals surface area contributed by atoms with Gasteiger partial charge in [-0.3, -0.25) is 4.90 Å². The quantitative estimate of drug-likeness (QED) is 0.500. The number of nitrogens with zero attached hydrogens (tertiary/aromatic N) is 1. The molecule has 0 N–H and O–H groups in total. The van der Waals surface area contributed by atoms with Crippen molar-refractivity contribution in [3.8, 4) is 0 Å². The van der Waals surface area contributed by atoms with Gasteiger partial charge in [0.25, 0.3) is 0 Å². The summed E-state index contributed by atoms with van der Waals surface area (Å²) in [5.41, 5.74) is 0. The fourth-order valence-corrected chi connectivity index (χ4v) is 4.13. The number of rotatable bonds is 11. The second-order valence-electron chi connectivity index (χ2n) is 4.89. The molecule has 0 aliphatic carbocycles. The van der Waals surface area contributed by atoms with Crippen molar-refractivity contribution < 1.29 is 0 Å². The number of hydrogen-bond donors (Lipinski definition) is 0. The molecule has 1 rings (SSSR count). The van der Waals surface area contributed by atoms with Crippen LogP contribution in [0.15, 0.2) is 0 Å². The van der Waals surface area contributed by atoms with E-state index in [0.29, 0.717) is 0 Å². The van der Waals surface area contributed by atoms with Crippen molar-refractivity contribution in [3.63, 3.8) is 0 Å². The van der Waals surface area contributed by atoms with Crippen molar-refractivity contribution in [2.75, 3.05) is 36.2 Å². The third-order valence-electron chi connectivity index (χ3n) is 3.23. The lowest BCUT2D eigenvalue weighted by Gasteiger charge is -2.12. The minimum absolute atomic E-state index is 0. The number of unbranched alkanes of at least 4 members (excludes halogenated alkanes) is 5. The number of halogens is 1. The molecule has 0 amide bonds. The van der Waals surface area contributed by atoms with Crippen molar-refractivity contribution in [2.45, 2.75) is 51.9 Å². The molecule has 1 aliphatic rings. The molecule has 1 fully saturated rings. The van der Waals surface area contributed by atoms with Crippen LogP contribution in [0.1, 0.15) is 51.9 Å². The first kappa shape index (κ1) is 18.9.